The topological polar surface area (TPSA) is 83.1 Å². The number of H-pyrrole nitrogens is 1. The minimum Gasteiger partial charge on any atom is -0.378 e. The number of aromatic amines is 1. The van der Waals surface area contributed by atoms with Gasteiger partial charge in [0.25, 0.3) is 5.91 Å². The van der Waals surface area contributed by atoms with Crippen molar-refractivity contribution in [1.29, 1.82) is 0 Å². The van der Waals surface area contributed by atoms with Gasteiger partial charge in [0.1, 0.15) is 5.82 Å². The molecule has 25 heavy (non-hydrogen) atoms. The Hall–Kier alpha value is -2.71. The number of amides is 1. The number of aromatic nitrogens is 3. The molecule has 0 unspecified atom stereocenters. The molecule has 1 fully saturated rings. The Morgan fingerprint density at radius 3 is 2.84 bits per heavy atom. The van der Waals surface area contributed by atoms with Crippen molar-refractivity contribution >= 4 is 28.7 Å². The molecule has 1 amide bonds. The summed E-state index contributed by atoms with van der Waals surface area (Å²) in [7, 11) is 0. The van der Waals surface area contributed by atoms with Gasteiger partial charge < -0.3 is 15.0 Å². The molecular formula is C17H17N5O2S. The van der Waals surface area contributed by atoms with Crippen LogP contribution in [-0.4, -0.2) is 47.4 Å². The van der Waals surface area contributed by atoms with Gasteiger partial charge in [-0.2, -0.15) is 16.4 Å². The summed E-state index contributed by atoms with van der Waals surface area (Å²) < 4.78 is 5.35. The first kappa shape index (κ1) is 15.8. The molecule has 0 radical (unpaired) electrons. The van der Waals surface area contributed by atoms with E-state index in [1.807, 2.05) is 29.0 Å². The van der Waals surface area contributed by atoms with Gasteiger partial charge in [0, 0.05) is 24.0 Å². The van der Waals surface area contributed by atoms with Gasteiger partial charge in [-0.25, -0.2) is 4.98 Å². The zero-order chi connectivity index (χ0) is 17.1. The molecule has 3 aromatic rings. The number of rotatable bonds is 4. The highest BCUT2D eigenvalue weighted by Gasteiger charge is 2.16. The van der Waals surface area contributed by atoms with Crippen molar-refractivity contribution in [3.8, 4) is 11.3 Å². The van der Waals surface area contributed by atoms with Gasteiger partial charge in [-0.3, -0.25) is 9.89 Å². The number of nitrogens with one attached hydrogen (secondary N) is 2. The van der Waals surface area contributed by atoms with Gasteiger partial charge >= 0.3 is 0 Å². The van der Waals surface area contributed by atoms with Crippen LogP contribution in [0.5, 0.6) is 0 Å². The fourth-order valence-electron chi connectivity index (χ4n) is 2.72. The van der Waals surface area contributed by atoms with Crippen molar-refractivity contribution in [3.63, 3.8) is 0 Å². The van der Waals surface area contributed by atoms with Gasteiger partial charge in [0.05, 0.1) is 42.6 Å². The first-order valence-electron chi connectivity index (χ1n) is 7.97. The maximum atomic E-state index is 12.6. The van der Waals surface area contributed by atoms with Gasteiger partial charge in [0.15, 0.2) is 0 Å². The van der Waals surface area contributed by atoms with E-state index in [-0.39, 0.29) is 5.91 Å². The number of nitrogens with zero attached hydrogens (tertiary/aromatic N) is 3. The zero-order valence-corrected chi connectivity index (χ0v) is 14.3. The molecule has 4 heterocycles. The summed E-state index contributed by atoms with van der Waals surface area (Å²) in [6, 6.07) is 5.73. The van der Waals surface area contributed by atoms with Crippen LogP contribution in [-0.2, 0) is 4.74 Å². The summed E-state index contributed by atoms with van der Waals surface area (Å²) in [5.74, 6) is 0.680. The van der Waals surface area contributed by atoms with Crippen LogP contribution < -0.4 is 10.2 Å². The number of hydrogen-bond donors (Lipinski definition) is 2. The van der Waals surface area contributed by atoms with Crippen molar-refractivity contribution in [2.75, 3.05) is 36.5 Å². The quantitative estimate of drug-likeness (QED) is 0.752. The summed E-state index contributed by atoms with van der Waals surface area (Å²) in [5.41, 5.74) is 2.83. The Morgan fingerprint density at radius 2 is 2.12 bits per heavy atom. The molecule has 0 saturated carbocycles. The van der Waals surface area contributed by atoms with Crippen LogP contribution in [0.4, 0.5) is 11.5 Å². The van der Waals surface area contributed by atoms with E-state index in [0.29, 0.717) is 24.5 Å². The number of hydrogen-bond acceptors (Lipinski definition) is 6. The maximum Gasteiger partial charge on any atom is 0.259 e. The highest BCUT2D eigenvalue weighted by Crippen LogP contribution is 2.24. The number of ether oxygens (including phenoxy) is 1. The first-order valence-corrected chi connectivity index (χ1v) is 8.91. The van der Waals surface area contributed by atoms with Gasteiger partial charge in [0.2, 0.25) is 0 Å². The minimum absolute atomic E-state index is 0.212. The van der Waals surface area contributed by atoms with Crippen molar-refractivity contribution in [1.82, 2.24) is 15.2 Å². The molecule has 1 saturated heterocycles. The molecule has 0 aromatic carbocycles. The number of pyridine rings is 1. The van der Waals surface area contributed by atoms with Crippen molar-refractivity contribution in [2.24, 2.45) is 0 Å². The van der Waals surface area contributed by atoms with Crippen molar-refractivity contribution in [3.05, 3.63) is 46.9 Å². The van der Waals surface area contributed by atoms with Crippen LogP contribution in [0.3, 0.4) is 0 Å². The van der Waals surface area contributed by atoms with Crippen LogP contribution in [0, 0.1) is 0 Å². The summed E-state index contributed by atoms with van der Waals surface area (Å²) >= 11 is 1.57. The third-order valence-corrected chi connectivity index (χ3v) is 4.72. The Labute approximate surface area is 148 Å². The molecule has 128 valence electrons. The second-order valence-corrected chi connectivity index (χ2v) is 6.41. The van der Waals surface area contributed by atoms with Gasteiger partial charge in [-0.05, 0) is 23.6 Å². The highest BCUT2D eigenvalue weighted by molar-refractivity contribution is 7.08. The van der Waals surface area contributed by atoms with Crippen LogP contribution in [0.1, 0.15) is 10.4 Å². The second-order valence-electron chi connectivity index (χ2n) is 5.63. The van der Waals surface area contributed by atoms with E-state index in [0.717, 1.165) is 30.2 Å². The lowest BCUT2D eigenvalue weighted by Crippen LogP contribution is -2.36. The van der Waals surface area contributed by atoms with Crippen LogP contribution >= 0.6 is 11.3 Å². The lowest BCUT2D eigenvalue weighted by Gasteiger charge is -2.27. The molecule has 7 nitrogen and oxygen atoms in total. The Bertz CT molecular complexity index is 838. The van der Waals surface area contributed by atoms with Gasteiger partial charge in [-0.1, -0.05) is 0 Å². The molecule has 0 bridgehead atoms. The van der Waals surface area contributed by atoms with Gasteiger partial charge in [-0.15, -0.1) is 0 Å². The minimum atomic E-state index is -0.212. The Morgan fingerprint density at radius 1 is 1.24 bits per heavy atom. The van der Waals surface area contributed by atoms with Crippen LogP contribution in [0.2, 0.25) is 0 Å². The summed E-state index contributed by atoms with van der Waals surface area (Å²) in [6.45, 7) is 3.09. The number of morpholine rings is 1. The average molecular weight is 355 g/mol. The van der Waals surface area contributed by atoms with E-state index >= 15 is 0 Å². The van der Waals surface area contributed by atoms with E-state index in [4.69, 9.17) is 4.74 Å². The molecule has 2 N–H and O–H groups in total. The monoisotopic (exact) mass is 355 g/mol. The lowest BCUT2D eigenvalue weighted by molar-refractivity contribution is 0.102. The van der Waals surface area contributed by atoms with E-state index < -0.39 is 0 Å². The molecule has 0 atom stereocenters. The summed E-state index contributed by atoms with van der Waals surface area (Å²) in [4.78, 5) is 19.2. The van der Waals surface area contributed by atoms with E-state index in [9.17, 15) is 4.79 Å². The lowest BCUT2D eigenvalue weighted by atomic mass is 10.1. The van der Waals surface area contributed by atoms with Crippen LogP contribution in [0.15, 0.2) is 41.4 Å². The molecule has 1 aliphatic rings. The van der Waals surface area contributed by atoms with Crippen LogP contribution in [0.25, 0.3) is 11.3 Å². The van der Waals surface area contributed by atoms with E-state index in [2.05, 4.69) is 25.4 Å². The largest absolute Gasteiger partial charge is 0.378 e. The Balaban J connectivity index is 1.47. The molecule has 8 heteroatoms. The molecule has 1 aliphatic heterocycles. The number of carbonyl (C=O) groups is 1. The van der Waals surface area contributed by atoms with E-state index in [1.165, 1.54) is 6.20 Å². The Kier molecular flexibility index (Phi) is 4.45. The third-order valence-electron chi connectivity index (χ3n) is 4.03. The normalized spacial score (nSPS) is 14.5. The average Bonchev–Trinajstić information content (AvgIpc) is 3.34. The molecule has 4 rings (SSSR count). The molecule has 3 aromatic heterocycles. The first-order chi connectivity index (χ1) is 12.3. The standard InChI is InChI=1S/C17H17N5O2S/c23-17(14-10-19-21-16(14)12-3-8-25-11-12)20-13-1-2-15(18-9-13)22-4-6-24-7-5-22/h1-3,8-11H,4-7H2,(H,19,21)(H,20,23). The maximum absolute atomic E-state index is 12.6. The van der Waals surface area contributed by atoms with Crippen molar-refractivity contribution in [2.45, 2.75) is 0 Å². The molecular weight excluding hydrogens is 338 g/mol. The molecule has 0 spiro atoms. The second kappa shape index (κ2) is 7.04. The fraction of sp³-hybridized carbons (Fsp3) is 0.235. The summed E-state index contributed by atoms with van der Waals surface area (Å²) in [5, 5.41) is 13.7. The number of carbonyl (C=O) groups excluding carboxylic acids is 1. The predicted octanol–water partition coefficient (Wildman–Crippen LogP) is 2.62. The smallest absolute Gasteiger partial charge is 0.259 e. The van der Waals surface area contributed by atoms with E-state index in [1.54, 1.807) is 17.5 Å². The summed E-state index contributed by atoms with van der Waals surface area (Å²) in [6.07, 6.45) is 3.21. The number of thiophene rings is 1. The highest BCUT2D eigenvalue weighted by atomic mass is 32.1. The predicted molar refractivity (Wildman–Crippen MR) is 97.1 cm³/mol. The SMILES string of the molecule is O=C(Nc1ccc(N2CCOCC2)nc1)c1cn[nH]c1-c1ccsc1. The van der Waals surface area contributed by atoms with Crippen molar-refractivity contribution < 1.29 is 9.53 Å². The third kappa shape index (κ3) is 3.40. The zero-order valence-electron chi connectivity index (χ0n) is 13.4. The number of anilines is 2. The fourth-order valence-corrected chi connectivity index (χ4v) is 3.37. The molecule has 0 aliphatic carbocycles.